The monoisotopic (exact) mass is 428 g/mol. The summed E-state index contributed by atoms with van der Waals surface area (Å²) in [6.07, 6.45) is 0. The second-order valence-corrected chi connectivity index (χ2v) is 8.54. The summed E-state index contributed by atoms with van der Waals surface area (Å²) in [5.41, 5.74) is 8.05. The van der Waals surface area contributed by atoms with Crippen molar-refractivity contribution in [3.05, 3.63) is 96.1 Å². The molecule has 0 aliphatic heterocycles. The molecular weight excluding hydrogens is 408 g/mol. The first-order valence-corrected chi connectivity index (χ1v) is 11.1. The summed E-state index contributed by atoms with van der Waals surface area (Å²) in [5, 5.41) is 3.12. The molecule has 0 spiro atoms. The Balaban J connectivity index is 1.63. The maximum absolute atomic E-state index is 6.40. The summed E-state index contributed by atoms with van der Waals surface area (Å²) >= 11 is 0. The summed E-state index contributed by atoms with van der Waals surface area (Å²) in [7, 11) is 0. The molecule has 4 nitrogen and oxygen atoms in total. The van der Waals surface area contributed by atoms with Crippen LogP contribution in [0.15, 0.2) is 93.8 Å². The third-order valence-electron chi connectivity index (χ3n) is 6.53. The summed E-state index contributed by atoms with van der Waals surface area (Å²) in [6, 6.07) is 29.0. The minimum absolute atomic E-state index is 0.552. The summed E-state index contributed by atoms with van der Waals surface area (Å²) < 4.78 is 14.7. The average Bonchev–Trinajstić information content (AvgIpc) is 3.49. The molecule has 0 amide bonds. The van der Waals surface area contributed by atoms with Crippen molar-refractivity contribution in [2.75, 3.05) is 0 Å². The lowest BCUT2D eigenvalue weighted by Gasteiger charge is -2.14. The van der Waals surface area contributed by atoms with Gasteiger partial charge in [0.2, 0.25) is 0 Å². The van der Waals surface area contributed by atoms with Gasteiger partial charge in [0.1, 0.15) is 17.0 Å². The van der Waals surface area contributed by atoms with Crippen molar-refractivity contribution in [1.29, 1.82) is 0 Å². The molecule has 7 aromatic rings. The van der Waals surface area contributed by atoms with Gasteiger partial charge in [-0.1, -0.05) is 60.7 Å². The van der Waals surface area contributed by atoms with Gasteiger partial charge in [0.15, 0.2) is 0 Å². The van der Waals surface area contributed by atoms with Crippen LogP contribution in [0.2, 0.25) is 0 Å². The van der Waals surface area contributed by atoms with E-state index in [1.807, 2.05) is 24.3 Å². The second-order valence-electron chi connectivity index (χ2n) is 8.54. The number of aryl methyl sites for hydroxylation is 2. The molecule has 0 aliphatic carbocycles. The average molecular weight is 428 g/mol. The smallest absolute Gasteiger partial charge is 0.299 e. The van der Waals surface area contributed by atoms with Crippen LogP contribution in [-0.4, -0.2) is 9.55 Å². The number of aromatic nitrogens is 2. The Morgan fingerprint density at radius 2 is 1.48 bits per heavy atom. The summed E-state index contributed by atoms with van der Waals surface area (Å²) in [4.78, 5) is 5.10. The first kappa shape index (κ1) is 18.3. The van der Waals surface area contributed by atoms with Crippen molar-refractivity contribution in [3.63, 3.8) is 0 Å². The van der Waals surface area contributed by atoms with Crippen molar-refractivity contribution in [2.24, 2.45) is 0 Å². The molecule has 3 heterocycles. The summed E-state index contributed by atoms with van der Waals surface area (Å²) in [6.45, 7) is 4.24. The number of imidazole rings is 1. The number of hydrogen-bond donors (Lipinski definition) is 0. The van der Waals surface area contributed by atoms with E-state index in [1.165, 1.54) is 5.56 Å². The van der Waals surface area contributed by atoms with Crippen LogP contribution in [0.1, 0.15) is 11.1 Å². The van der Waals surface area contributed by atoms with Gasteiger partial charge in [-0.2, -0.15) is 0 Å². The van der Waals surface area contributed by atoms with Gasteiger partial charge in [0.05, 0.1) is 27.7 Å². The Labute approximate surface area is 189 Å². The molecule has 0 aliphatic rings. The minimum Gasteiger partial charge on any atom is -0.425 e. The zero-order valence-corrected chi connectivity index (χ0v) is 18.3. The van der Waals surface area contributed by atoms with Crippen LogP contribution in [0.25, 0.3) is 61.2 Å². The Hall–Kier alpha value is -4.31. The van der Waals surface area contributed by atoms with E-state index in [-0.39, 0.29) is 0 Å². The maximum Gasteiger partial charge on any atom is 0.299 e. The molecule has 158 valence electrons. The molecule has 0 unspecified atom stereocenters. The second kappa shape index (κ2) is 6.59. The van der Waals surface area contributed by atoms with Gasteiger partial charge >= 0.3 is 0 Å². The van der Waals surface area contributed by atoms with Gasteiger partial charge in [-0.15, -0.1) is 0 Å². The Bertz CT molecular complexity index is 1850. The first-order chi connectivity index (χ1) is 16.2. The highest BCUT2D eigenvalue weighted by Gasteiger charge is 2.24. The van der Waals surface area contributed by atoms with Gasteiger partial charge in [-0.3, -0.25) is 4.57 Å². The number of nitrogens with zero attached hydrogens (tertiary/aromatic N) is 2. The third kappa shape index (κ3) is 2.49. The zero-order valence-electron chi connectivity index (χ0n) is 18.3. The van der Waals surface area contributed by atoms with Gasteiger partial charge in [0.25, 0.3) is 5.78 Å². The van der Waals surface area contributed by atoms with E-state index in [9.17, 15) is 0 Å². The molecule has 0 fully saturated rings. The molecular formula is C29H20N2O2. The van der Waals surface area contributed by atoms with Gasteiger partial charge in [-0.25, -0.2) is 4.98 Å². The Morgan fingerprint density at radius 3 is 2.39 bits per heavy atom. The lowest BCUT2D eigenvalue weighted by Crippen LogP contribution is -2.01. The molecule has 4 aromatic carbocycles. The van der Waals surface area contributed by atoms with Crippen LogP contribution in [0.4, 0.5) is 0 Å². The van der Waals surface area contributed by atoms with Gasteiger partial charge in [-0.05, 0) is 49.2 Å². The Kier molecular flexibility index (Phi) is 3.65. The standard InChI is InChI=1S/C29H20N2O2/c1-17-9-3-6-12-22(17)31-23-13-7-5-11-21(23)30-28(31)25-18(2)15-16-20-26-19-10-4-8-14-24(19)32-29(26)33-27(20)25/h3-16H,1-2H3. The van der Waals surface area contributed by atoms with E-state index >= 15 is 0 Å². The SMILES string of the molecule is Cc1ccccc1-n1c(-c2c(C)ccc3c2oc2oc4ccccc4c23)nc2ccccc21. The van der Waals surface area contributed by atoms with Crippen LogP contribution >= 0.6 is 0 Å². The Morgan fingerprint density at radius 1 is 0.697 bits per heavy atom. The van der Waals surface area contributed by atoms with E-state index in [0.29, 0.717) is 5.78 Å². The van der Waals surface area contributed by atoms with Crippen molar-refractivity contribution < 1.29 is 8.83 Å². The number of rotatable bonds is 2. The predicted octanol–water partition coefficient (Wildman–Crippen LogP) is 7.95. The fourth-order valence-corrected chi connectivity index (χ4v) is 4.96. The van der Waals surface area contributed by atoms with Crippen LogP contribution in [0.3, 0.4) is 0 Å². The maximum atomic E-state index is 6.40. The van der Waals surface area contributed by atoms with E-state index < -0.39 is 0 Å². The van der Waals surface area contributed by atoms with E-state index in [4.69, 9.17) is 13.8 Å². The lowest BCUT2D eigenvalue weighted by atomic mass is 10.0. The van der Waals surface area contributed by atoms with Crippen molar-refractivity contribution >= 4 is 44.1 Å². The fourth-order valence-electron chi connectivity index (χ4n) is 4.96. The molecule has 0 N–H and O–H groups in total. The number of para-hydroxylation sites is 4. The molecule has 0 atom stereocenters. The van der Waals surface area contributed by atoms with Crippen molar-refractivity contribution in [1.82, 2.24) is 9.55 Å². The molecule has 0 bridgehead atoms. The lowest BCUT2D eigenvalue weighted by molar-refractivity contribution is 0.525. The minimum atomic E-state index is 0.552. The van der Waals surface area contributed by atoms with Crippen molar-refractivity contribution in [3.8, 4) is 17.1 Å². The van der Waals surface area contributed by atoms with E-state index in [2.05, 4.69) is 79.1 Å². The number of benzene rings is 4. The molecule has 7 rings (SSSR count). The van der Waals surface area contributed by atoms with Crippen LogP contribution < -0.4 is 0 Å². The largest absolute Gasteiger partial charge is 0.425 e. The number of furan rings is 2. The van der Waals surface area contributed by atoms with Gasteiger partial charge in [0, 0.05) is 10.8 Å². The summed E-state index contributed by atoms with van der Waals surface area (Å²) in [5.74, 6) is 1.42. The van der Waals surface area contributed by atoms with Crippen LogP contribution in [-0.2, 0) is 0 Å². The van der Waals surface area contributed by atoms with E-state index in [1.54, 1.807) is 0 Å². The molecule has 0 saturated heterocycles. The normalized spacial score (nSPS) is 11.9. The quantitative estimate of drug-likeness (QED) is 0.281. The predicted molar refractivity (Wildman–Crippen MR) is 133 cm³/mol. The van der Waals surface area contributed by atoms with Gasteiger partial charge < -0.3 is 8.83 Å². The molecule has 4 heteroatoms. The molecule has 0 radical (unpaired) electrons. The highest BCUT2D eigenvalue weighted by Crippen LogP contribution is 2.43. The molecule has 33 heavy (non-hydrogen) atoms. The van der Waals surface area contributed by atoms with Crippen LogP contribution in [0.5, 0.6) is 0 Å². The topological polar surface area (TPSA) is 44.1 Å². The first-order valence-electron chi connectivity index (χ1n) is 11.1. The highest BCUT2D eigenvalue weighted by molar-refractivity contribution is 6.19. The fraction of sp³-hybridized carbons (Fsp3) is 0.0690. The zero-order chi connectivity index (χ0) is 22.1. The molecule has 3 aromatic heterocycles. The third-order valence-corrected chi connectivity index (χ3v) is 6.53. The van der Waals surface area contributed by atoms with Crippen molar-refractivity contribution in [2.45, 2.75) is 13.8 Å². The number of fused-ring (bicyclic) bond motifs is 6. The number of hydrogen-bond acceptors (Lipinski definition) is 3. The highest BCUT2D eigenvalue weighted by atomic mass is 16.5. The van der Waals surface area contributed by atoms with E-state index in [0.717, 1.165) is 61.0 Å². The molecule has 0 saturated carbocycles. The van der Waals surface area contributed by atoms with Crippen LogP contribution in [0, 0.1) is 13.8 Å².